The Morgan fingerprint density at radius 2 is 1.94 bits per heavy atom. The molecule has 0 bridgehead atoms. The van der Waals surface area contributed by atoms with Crippen LogP contribution in [0.4, 0.5) is 0 Å². The van der Waals surface area contributed by atoms with E-state index < -0.39 is 0 Å². The number of hydrogen-bond donors (Lipinski definition) is 2. The Kier molecular flexibility index (Phi) is 8.74. The van der Waals surface area contributed by atoms with E-state index in [2.05, 4.69) is 10.3 Å². The standard InChI is InChI=1S/C13H21N3O.HI/c1-11(17)9-14-13(16(2)3)15-10-12-7-5-4-6-8-12;/h4-8,11,17H,9-10H2,1-3H3,(H,14,15);1H. The lowest BCUT2D eigenvalue weighted by Crippen LogP contribution is -2.39. The van der Waals surface area contributed by atoms with Crippen LogP contribution in [0.15, 0.2) is 35.3 Å². The molecule has 0 spiro atoms. The van der Waals surface area contributed by atoms with Crippen LogP contribution in [-0.4, -0.2) is 42.7 Å². The van der Waals surface area contributed by atoms with Gasteiger partial charge in [-0.3, -0.25) is 0 Å². The van der Waals surface area contributed by atoms with Gasteiger partial charge in [0.05, 0.1) is 12.6 Å². The van der Waals surface area contributed by atoms with Gasteiger partial charge in [-0.25, -0.2) is 4.99 Å². The van der Waals surface area contributed by atoms with E-state index >= 15 is 0 Å². The normalized spacial score (nSPS) is 12.6. The SMILES string of the molecule is CC(O)CNC(=NCc1ccccc1)N(C)C.I. The second-order valence-corrected chi connectivity index (χ2v) is 4.25. The summed E-state index contributed by atoms with van der Waals surface area (Å²) in [6.07, 6.45) is -0.378. The van der Waals surface area contributed by atoms with E-state index in [1.807, 2.05) is 49.3 Å². The molecule has 1 aromatic carbocycles. The molecule has 1 unspecified atom stereocenters. The van der Waals surface area contributed by atoms with Gasteiger partial charge in [-0.05, 0) is 12.5 Å². The van der Waals surface area contributed by atoms with Crippen LogP contribution in [0.1, 0.15) is 12.5 Å². The van der Waals surface area contributed by atoms with Crippen LogP contribution in [0.2, 0.25) is 0 Å². The third-order valence-corrected chi connectivity index (χ3v) is 2.23. The lowest BCUT2D eigenvalue weighted by Gasteiger charge is -2.18. The number of guanidine groups is 1. The van der Waals surface area contributed by atoms with E-state index in [0.717, 1.165) is 5.96 Å². The zero-order valence-electron chi connectivity index (χ0n) is 11.1. The van der Waals surface area contributed by atoms with E-state index in [-0.39, 0.29) is 30.1 Å². The quantitative estimate of drug-likeness (QED) is 0.486. The first-order valence-corrected chi connectivity index (χ1v) is 5.77. The molecule has 0 aromatic heterocycles. The average molecular weight is 363 g/mol. The largest absolute Gasteiger partial charge is 0.392 e. The number of aliphatic hydroxyl groups excluding tert-OH is 1. The molecular formula is C13H22IN3O. The Morgan fingerprint density at radius 3 is 2.44 bits per heavy atom. The molecule has 0 fully saturated rings. The number of benzene rings is 1. The second kappa shape index (κ2) is 9.16. The summed E-state index contributed by atoms with van der Waals surface area (Å²) in [4.78, 5) is 6.39. The summed E-state index contributed by atoms with van der Waals surface area (Å²) in [6, 6.07) is 10.1. The van der Waals surface area contributed by atoms with Crippen LogP contribution in [0, 0.1) is 0 Å². The smallest absolute Gasteiger partial charge is 0.193 e. The third kappa shape index (κ3) is 6.80. The Morgan fingerprint density at radius 1 is 1.33 bits per heavy atom. The van der Waals surface area contributed by atoms with Gasteiger partial charge in [0.25, 0.3) is 0 Å². The summed E-state index contributed by atoms with van der Waals surface area (Å²) < 4.78 is 0. The Labute approximate surface area is 126 Å². The first kappa shape index (κ1) is 17.2. The minimum Gasteiger partial charge on any atom is -0.392 e. The molecule has 1 atom stereocenters. The predicted molar refractivity (Wildman–Crippen MR) is 86.4 cm³/mol. The molecule has 4 nitrogen and oxygen atoms in total. The molecule has 1 aromatic rings. The number of halogens is 1. The third-order valence-electron chi connectivity index (χ3n) is 2.23. The van der Waals surface area contributed by atoms with Gasteiger partial charge in [0.15, 0.2) is 5.96 Å². The zero-order chi connectivity index (χ0) is 12.7. The molecule has 0 heterocycles. The van der Waals surface area contributed by atoms with Crippen molar-refractivity contribution in [3.8, 4) is 0 Å². The molecule has 0 amide bonds. The Balaban J connectivity index is 0.00000289. The van der Waals surface area contributed by atoms with Crippen molar-refractivity contribution in [1.82, 2.24) is 10.2 Å². The molecule has 0 aliphatic carbocycles. The summed E-state index contributed by atoms with van der Waals surface area (Å²) in [6.45, 7) is 2.89. The Hall–Kier alpha value is -0.820. The van der Waals surface area contributed by atoms with Crippen molar-refractivity contribution in [1.29, 1.82) is 0 Å². The highest BCUT2D eigenvalue weighted by Crippen LogP contribution is 2.00. The van der Waals surface area contributed by atoms with Crippen molar-refractivity contribution < 1.29 is 5.11 Å². The van der Waals surface area contributed by atoms with Gasteiger partial charge < -0.3 is 15.3 Å². The topological polar surface area (TPSA) is 47.9 Å². The van der Waals surface area contributed by atoms with Crippen LogP contribution in [0.25, 0.3) is 0 Å². The van der Waals surface area contributed by atoms with Crippen molar-refractivity contribution in [2.45, 2.75) is 19.6 Å². The van der Waals surface area contributed by atoms with Crippen molar-refractivity contribution in [2.75, 3.05) is 20.6 Å². The number of hydrogen-bond acceptors (Lipinski definition) is 2. The van der Waals surface area contributed by atoms with Gasteiger partial charge >= 0.3 is 0 Å². The van der Waals surface area contributed by atoms with Gasteiger partial charge in [0.2, 0.25) is 0 Å². The molecule has 18 heavy (non-hydrogen) atoms. The molecule has 0 radical (unpaired) electrons. The summed E-state index contributed by atoms with van der Waals surface area (Å²) >= 11 is 0. The van der Waals surface area contributed by atoms with Crippen molar-refractivity contribution >= 4 is 29.9 Å². The van der Waals surface area contributed by atoms with Crippen molar-refractivity contribution in [3.05, 3.63) is 35.9 Å². The summed E-state index contributed by atoms with van der Waals surface area (Å²) in [5.41, 5.74) is 1.17. The van der Waals surface area contributed by atoms with Crippen LogP contribution in [0.5, 0.6) is 0 Å². The molecule has 0 saturated heterocycles. The van der Waals surface area contributed by atoms with Crippen LogP contribution >= 0.6 is 24.0 Å². The summed E-state index contributed by atoms with van der Waals surface area (Å²) in [5.74, 6) is 0.787. The minimum atomic E-state index is -0.378. The summed E-state index contributed by atoms with van der Waals surface area (Å²) in [7, 11) is 3.86. The Bertz CT molecular complexity index is 353. The highest BCUT2D eigenvalue weighted by Gasteiger charge is 2.02. The maximum absolute atomic E-state index is 9.23. The van der Waals surface area contributed by atoms with E-state index in [4.69, 9.17) is 0 Å². The van der Waals surface area contributed by atoms with Gasteiger partial charge in [0, 0.05) is 20.6 Å². The molecular weight excluding hydrogens is 341 g/mol. The van der Waals surface area contributed by atoms with E-state index in [9.17, 15) is 5.11 Å². The lowest BCUT2D eigenvalue weighted by atomic mass is 10.2. The first-order chi connectivity index (χ1) is 8.09. The van der Waals surface area contributed by atoms with Crippen LogP contribution < -0.4 is 5.32 Å². The van der Waals surface area contributed by atoms with Gasteiger partial charge in [-0.2, -0.15) is 0 Å². The minimum absolute atomic E-state index is 0. The van der Waals surface area contributed by atoms with Gasteiger partial charge in [-0.15, -0.1) is 24.0 Å². The number of aliphatic hydroxyl groups is 1. The van der Waals surface area contributed by atoms with E-state index in [1.165, 1.54) is 5.56 Å². The highest BCUT2D eigenvalue weighted by molar-refractivity contribution is 14.0. The average Bonchev–Trinajstić information content (AvgIpc) is 2.29. The molecule has 0 aliphatic rings. The number of aliphatic imine (C=N–C) groups is 1. The van der Waals surface area contributed by atoms with Gasteiger partial charge in [0.1, 0.15) is 0 Å². The molecule has 102 valence electrons. The predicted octanol–water partition coefficient (Wildman–Crippen LogP) is 1.69. The molecule has 0 saturated carbocycles. The second-order valence-electron chi connectivity index (χ2n) is 4.25. The molecule has 0 aliphatic heterocycles. The fraction of sp³-hybridized carbons (Fsp3) is 0.462. The van der Waals surface area contributed by atoms with Crippen LogP contribution in [0.3, 0.4) is 0 Å². The monoisotopic (exact) mass is 363 g/mol. The number of nitrogens with one attached hydrogen (secondary N) is 1. The molecule has 1 rings (SSSR count). The van der Waals surface area contributed by atoms with Crippen molar-refractivity contribution in [2.24, 2.45) is 4.99 Å². The fourth-order valence-electron chi connectivity index (χ4n) is 1.34. The number of rotatable bonds is 4. The molecule has 5 heteroatoms. The maximum Gasteiger partial charge on any atom is 0.193 e. The fourth-order valence-corrected chi connectivity index (χ4v) is 1.34. The summed E-state index contributed by atoms with van der Waals surface area (Å²) in [5, 5.41) is 12.3. The highest BCUT2D eigenvalue weighted by atomic mass is 127. The first-order valence-electron chi connectivity index (χ1n) is 5.77. The lowest BCUT2D eigenvalue weighted by molar-refractivity contribution is 0.196. The maximum atomic E-state index is 9.23. The van der Waals surface area contributed by atoms with Gasteiger partial charge in [-0.1, -0.05) is 30.3 Å². The van der Waals surface area contributed by atoms with E-state index in [0.29, 0.717) is 13.1 Å². The van der Waals surface area contributed by atoms with Crippen molar-refractivity contribution in [3.63, 3.8) is 0 Å². The van der Waals surface area contributed by atoms with E-state index in [1.54, 1.807) is 6.92 Å². The van der Waals surface area contributed by atoms with Crippen LogP contribution in [-0.2, 0) is 6.54 Å². The molecule has 2 N–H and O–H groups in total. The number of nitrogens with zero attached hydrogens (tertiary/aromatic N) is 2. The zero-order valence-corrected chi connectivity index (χ0v) is 13.5.